The number of aliphatic hydroxyl groups is 1. The molecule has 7 heteroatoms. The first-order chi connectivity index (χ1) is 16.9. The summed E-state index contributed by atoms with van der Waals surface area (Å²) in [5, 5.41) is 11.8. The summed E-state index contributed by atoms with van der Waals surface area (Å²) in [6.45, 7) is 9.75. The number of hydrogen-bond donors (Lipinski definition) is 1. The first kappa shape index (κ1) is 27.4. The van der Waals surface area contributed by atoms with Gasteiger partial charge in [0.25, 0.3) is 0 Å². The van der Waals surface area contributed by atoms with Crippen molar-refractivity contribution >= 4 is 17.9 Å². The number of ether oxygens (including phenoxy) is 3. The second-order valence-corrected chi connectivity index (χ2v) is 12.8. The minimum atomic E-state index is -0.459. The first-order valence-corrected chi connectivity index (χ1v) is 14.0. The molecule has 0 bridgehead atoms. The van der Waals surface area contributed by atoms with Crippen molar-refractivity contribution in [1.29, 1.82) is 0 Å². The van der Waals surface area contributed by atoms with Crippen LogP contribution in [0.2, 0.25) is 0 Å². The summed E-state index contributed by atoms with van der Waals surface area (Å²) in [7, 11) is 1.42. The highest BCUT2D eigenvalue weighted by atomic mass is 16.5. The number of esters is 3. The zero-order valence-corrected chi connectivity index (χ0v) is 23.0. The van der Waals surface area contributed by atoms with Crippen molar-refractivity contribution in [3.8, 4) is 0 Å². The molecule has 0 spiro atoms. The van der Waals surface area contributed by atoms with Gasteiger partial charge in [0.1, 0.15) is 12.2 Å². The number of rotatable bonds is 6. The van der Waals surface area contributed by atoms with Crippen LogP contribution < -0.4 is 0 Å². The molecule has 0 aromatic rings. The van der Waals surface area contributed by atoms with E-state index in [0.29, 0.717) is 24.7 Å². The van der Waals surface area contributed by atoms with Crippen molar-refractivity contribution < 1.29 is 33.7 Å². The Labute approximate surface area is 216 Å². The molecule has 4 saturated carbocycles. The summed E-state index contributed by atoms with van der Waals surface area (Å²) in [5.41, 5.74) is -0.362. The summed E-state index contributed by atoms with van der Waals surface area (Å²) in [6, 6.07) is 0. The largest absolute Gasteiger partial charge is 0.469 e. The number of hydrogen-bond acceptors (Lipinski definition) is 7. The maximum absolute atomic E-state index is 12.2. The van der Waals surface area contributed by atoms with Gasteiger partial charge in [-0.1, -0.05) is 20.8 Å². The molecule has 0 radical (unpaired) electrons. The van der Waals surface area contributed by atoms with Gasteiger partial charge in [-0.05, 0) is 91.8 Å². The normalized spacial score (nSPS) is 44.4. The molecule has 0 saturated heterocycles. The molecule has 11 atom stereocenters. The Bertz CT molecular complexity index is 857. The van der Waals surface area contributed by atoms with Crippen molar-refractivity contribution in [3.63, 3.8) is 0 Å². The summed E-state index contributed by atoms with van der Waals surface area (Å²) in [5.74, 6) is 0.933. The topological polar surface area (TPSA) is 99.1 Å². The standard InChI is InChI=1S/C29H46O7/c1-16(7-12-26(33)34-6)21-10-11-22-27-23(14-25(32)29(21,22)5)28(4)15-20(35-17(2)30)9-8-19(28)13-24(27)36-18(3)31/h16,19-25,27,32H,7-15H2,1-6H3/t16-,19+,20?,21-,22+,23+,24?,25?,27+,28+,29-/m1/s1. The Balaban J connectivity index is 1.64. The Morgan fingerprint density at radius 3 is 2.31 bits per heavy atom. The van der Waals surface area contributed by atoms with Crippen LogP contribution in [0.25, 0.3) is 0 Å². The summed E-state index contributed by atoms with van der Waals surface area (Å²) < 4.78 is 16.6. The van der Waals surface area contributed by atoms with Crippen LogP contribution in [0.3, 0.4) is 0 Å². The predicted octanol–water partition coefficient (Wildman–Crippen LogP) is 4.68. The van der Waals surface area contributed by atoms with E-state index in [1.807, 2.05) is 0 Å². The molecule has 7 nitrogen and oxygen atoms in total. The van der Waals surface area contributed by atoms with Crippen LogP contribution >= 0.6 is 0 Å². The third kappa shape index (κ3) is 4.69. The lowest BCUT2D eigenvalue weighted by Gasteiger charge is -2.64. The van der Waals surface area contributed by atoms with Gasteiger partial charge in [0.15, 0.2) is 0 Å². The second kappa shape index (κ2) is 10.3. The lowest BCUT2D eigenvalue weighted by molar-refractivity contribution is -0.220. The van der Waals surface area contributed by atoms with Crippen molar-refractivity contribution in [2.75, 3.05) is 7.11 Å². The molecular weight excluding hydrogens is 460 g/mol. The number of carbonyl (C=O) groups excluding carboxylic acids is 3. The fraction of sp³-hybridized carbons (Fsp3) is 0.897. The van der Waals surface area contributed by atoms with E-state index in [0.717, 1.165) is 44.9 Å². The maximum Gasteiger partial charge on any atom is 0.305 e. The Kier molecular flexibility index (Phi) is 7.81. The van der Waals surface area contributed by atoms with Crippen LogP contribution in [0.1, 0.15) is 92.4 Å². The number of methoxy groups -OCH3 is 1. The number of carbonyl (C=O) groups is 3. The minimum Gasteiger partial charge on any atom is -0.469 e. The molecule has 0 amide bonds. The van der Waals surface area contributed by atoms with Crippen LogP contribution in [0.5, 0.6) is 0 Å². The Morgan fingerprint density at radius 1 is 0.972 bits per heavy atom. The molecular formula is C29H46O7. The predicted molar refractivity (Wildman–Crippen MR) is 134 cm³/mol. The molecule has 1 N–H and O–H groups in total. The van der Waals surface area contributed by atoms with Gasteiger partial charge in [0.05, 0.1) is 13.2 Å². The summed E-state index contributed by atoms with van der Waals surface area (Å²) in [4.78, 5) is 35.8. The van der Waals surface area contributed by atoms with Crippen LogP contribution in [-0.2, 0) is 28.6 Å². The summed E-state index contributed by atoms with van der Waals surface area (Å²) >= 11 is 0. The van der Waals surface area contributed by atoms with Gasteiger partial charge in [0, 0.05) is 26.2 Å². The molecule has 0 heterocycles. The molecule has 36 heavy (non-hydrogen) atoms. The molecule has 4 aliphatic rings. The average molecular weight is 507 g/mol. The van der Waals surface area contributed by atoms with E-state index in [2.05, 4.69) is 20.8 Å². The molecule has 4 aliphatic carbocycles. The molecule has 4 fully saturated rings. The average Bonchev–Trinajstić information content (AvgIpc) is 3.16. The van der Waals surface area contributed by atoms with Gasteiger partial charge >= 0.3 is 17.9 Å². The lowest BCUT2D eigenvalue weighted by atomic mass is 9.43. The van der Waals surface area contributed by atoms with Crippen molar-refractivity contribution in [2.24, 2.45) is 46.3 Å². The molecule has 0 aromatic carbocycles. The SMILES string of the molecule is COC(=O)CC[C@@H](C)[C@H]1CC[C@H]2[C@@H]3C(OC(C)=O)C[C@@H]4CCC(OC(C)=O)C[C@]4(C)[C@H]3CC(O)[C@]12C. The second-order valence-electron chi connectivity index (χ2n) is 12.8. The lowest BCUT2D eigenvalue weighted by Crippen LogP contribution is -2.63. The fourth-order valence-corrected chi connectivity index (χ4v) is 9.49. The van der Waals surface area contributed by atoms with Gasteiger partial charge in [-0.15, -0.1) is 0 Å². The molecule has 0 aliphatic heterocycles. The van der Waals surface area contributed by atoms with Crippen molar-refractivity contribution in [1.82, 2.24) is 0 Å². The fourth-order valence-electron chi connectivity index (χ4n) is 9.49. The molecule has 0 aromatic heterocycles. The third-order valence-corrected chi connectivity index (χ3v) is 11.1. The van der Waals surface area contributed by atoms with Crippen LogP contribution in [0.15, 0.2) is 0 Å². The van der Waals surface area contributed by atoms with E-state index in [1.165, 1.54) is 21.0 Å². The van der Waals surface area contributed by atoms with Gasteiger partial charge in [0.2, 0.25) is 0 Å². The smallest absolute Gasteiger partial charge is 0.305 e. The van der Waals surface area contributed by atoms with Gasteiger partial charge in [-0.3, -0.25) is 14.4 Å². The first-order valence-electron chi connectivity index (χ1n) is 14.0. The third-order valence-electron chi connectivity index (χ3n) is 11.1. The summed E-state index contributed by atoms with van der Waals surface area (Å²) in [6.07, 6.45) is 6.56. The quantitative estimate of drug-likeness (QED) is 0.412. The highest BCUT2D eigenvalue weighted by Gasteiger charge is 2.66. The maximum atomic E-state index is 12.2. The van der Waals surface area contributed by atoms with Gasteiger partial charge in [-0.2, -0.15) is 0 Å². The van der Waals surface area contributed by atoms with Gasteiger partial charge in [-0.25, -0.2) is 0 Å². The van der Waals surface area contributed by atoms with E-state index >= 15 is 0 Å². The molecule has 204 valence electrons. The minimum absolute atomic E-state index is 0.0728. The van der Waals surface area contributed by atoms with E-state index in [4.69, 9.17) is 14.2 Å². The van der Waals surface area contributed by atoms with Crippen LogP contribution in [0, 0.1) is 46.3 Å². The molecule has 3 unspecified atom stereocenters. The molecule has 4 rings (SSSR count). The van der Waals surface area contributed by atoms with Crippen LogP contribution in [-0.4, -0.2) is 48.4 Å². The highest BCUT2D eigenvalue weighted by molar-refractivity contribution is 5.69. The highest BCUT2D eigenvalue weighted by Crippen LogP contribution is 2.68. The van der Waals surface area contributed by atoms with E-state index in [9.17, 15) is 19.5 Å². The monoisotopic (exact) mass is 506 g/mol. The van der Waals surface area contributed by atoms with Gasteiger partial charge < -0.3 is 19.3 Å². The Hall–Kier alpha value is -1.63. The number of aliphatic hydroxyl groups excluding tert-OH is 1. The zero-order valence-electron chi connectivity index (χ0n) is 23.0. The van der Waals surface area contributed by atoms with E-state index < -0.39 is 6.10 Å². The van der Waals surface area contributed by atoms with Crippen LogP contribution in [0.4, 0.5) is 0 Å². The zero-order chi connectivity index (χ0) is 26.4. The van der Waals surface area contributed by atoms with Crippen molar-refractivity contribution in [3.05, 3.63) is 0 Å². The Morgan fingerprint density at radius 2 is 1.67 bits per heavy atom. The van der Waals surface area contributed by atoms with Crippen molar-refractivity contribution in [2.45, 2.75) is 111 Å². The number of fused-ring (bicyclic) bond motifs is 5. The van der Waals surface area contributed by atoms with E-state index in [1.54, 1.807) is 0 Å². The van der Waals surface area contributed by atoms with E-state index in [-0.39, 0.29) is 64.6 Å².